The van der Waals surface area contributed by atoms with Crippen LogP contribution in [0.3, 0.4) is 0 Å². The molecule has 0 aliphatic heterocycles. The number of fused-ring (bicyclic) bond motifs is 13. The van der Waals surface area contributed by atoms with Crippen LogP contribution in [0, 0.1) is 0 Å². The lowest BCUT2D eigenvalue weighted by Gasteiger charge is -2.18. The summed E-state index contributed by atoms with van der Waals surface area (Å²) in [5, 5.41) is 16.2. The molecule has 0 unspecified atom stereocenters. The van der Waals surface area contributed by atoms with E-state index < -0.39 is 0 Å². The van der Waals surface area contributed by atoms with Gasteiger partial charge in [-0.15, -0.1) is 0 Å². The number of hydrogen-bond donors (Lipinski definition) is 0. The van der Waals surface area contributed by atoms with Gasteiger partial charge in [-0.1, -0.05) is 182 Å². The highest BCUT2D eigenvalue weighted by molar-refractivity contribution is 6.27. The molecular formula is C64H36O3. The van der Waals surface area contributed by atoms with E-state index in [9.17, 15) is 0 Å². The summed E-state index contributed by atoms with van der Waals surface area (Å²) in [5.41, 5.74) is 14.6. The molecule has 3 heteroatoms. The van der Waals surface area contributed by atoms with Gasteiger partial charge in [0, 0.05) is 54.6 Å². The zero-order valence-electron chi connectivity index (χ0n) is 36.0. The van der Waals surface area contributed by atoms with Gasteiger partial charge in [0.1, 0.15) is 33.5 Å². The van der Waals surface area contributed by atoms with Crippen LogP contribution < -0.4 is 0 Å². The Balaban J connectivity index is 0.949. The SMILES string of the molecule is c1ccc2c(c1)oc1c(-c3c4ccccc4c(-c4ccc5oc6ccc(-c7c8ccccc8c(-c8cccc9c8oc8ccccc89)c8ccccc78)cc6c5c4)c4ccccc34)cccc12. The topological polar surface area (TPSA) is 39.4 Å². The first-order chi connectivity index (χ1) is 33.2. The molecule has 0 bridgehead atoms. The molecular weight excluding hydrogens is 817 g/mol. The molecule has 310 valence electrons. The number of rotatable bonds is 4. The van der Waals surface area contributed by atoms with Crippen molar-refractivity contribution in [2.75, 3.05) is 0 Å². The van der Waals surface area contributed by atoms with Crippen LogP contribution in [-0.4, -0.2) is 0 Å². The second kappa shape index (κ2) is 13.8. The van der Waals surface area contributed by atoms with Gasteiger partial charge in [0.2, 0.25) is 0 Å². The van der Waals surface area contributed by atoms with Crippen LogP contribution >= 0.6 is 0 Å². The molecule has 67 heavy (non-hydrogen) atoms. The van der Waals surface area contributed by atoms with E-state index in [1.807, 2.05) is 12.1 Å². The molecule has 0 amide bonds. The Labute approximate surface area is 383 Å². The molecule has 0 saturated heterocycles. The summed E-state index contributed by atoms with van der Waals surface area (Å²) >= 11 is 0. The van der Waals surface area contributed by atoms with Crippen LogP contribution in [0.25, 0.3) is 153 Å². The summed E-state index contributed by atoms with van der Waals surface area (Å²) in [6.45, 7) is 0. The fourth-order valence-corrected chi connectivity index (χ4v) is 11.4. The maximum Gasteiger partial charge on any atom is 0.143 e. The van der Waals surface area contributed by atoms with E-state index in [1.54, 1.807) is 0 Å². The maximum absolute atomic E-state index is 6.66. The Kier molecular flexibility index (Phi) is 7.50. The van der Waals surface area contributed by atoms with Crippen LogP contribution in [0.1, 0.15) is 0 Å². The minimum Gasteiger partial charge on any atom is -0.456 e. The average Bonchev–Trinajstić information content (AvgIpc) is 4.08. The van der Waals surface area contributed by atoms with Gasteiger partial charge in [0.15, 0.2) is 0 Å². The number of para-hydroxylation sites is 4. The third kappa shape index (κ3) is 5.17. The molecule has 0 spiro atoms. The molecule has 0 N–H and O–H groups in total. The molecule has 15 aromatic rings. The maximum atomic E-state index is 6.66. The van der Waals surface area contributed by atoms with Crippen molar-refractivity contribution in [2.45, 2.75) is 0 Å². The highest BCUT2D eigenvalue weighted by Crippen LogP contribution is 2.50. The van der Waals surface area contributed by atoms with E-state index in [4.69, 9.17) is 13.3 Å². The lowest BCUT2D eigenvalue weighted by Crippen LogP contribution is -1.91. The third-order valence-electron chi connectivity index (χ3n) is 14.3. The predicted octanol–water partition coefficient (Wildman–Crippen LogP) is 18.7. The monoisotopic (exact) mass is 852 g/mol. The minimum atomic E-state index is 0.863. The molecule has 12 aromatic carbocycles. The largest absolute Gasteiger partial charge is 0.456 e. The fraction of sp³-hybridized carbons (Fsp3) is 0. The highest BCUT2D eigenvalue weighted by Gasteiger charge is 2.23. The Hall–Kier alpha value is -8.92. The van der Waals surface area contributed by atoms with Crippen LogP contribution in [0.2, 0.25) is 0 Å². The van der Waals surface area contributed by atoms with E-state index in [2.05, 4.69) is 206 Å². The highest BCUT2D eigenvalue weighted by atomic mass is 16.3. The third-order valence-corrected chi connectivity index (χ3v) is 14.3. The summed E-state index contributed by atoms with van der Waals surface area (Å²) in [6.07, 6.45) is 0. The van der Waals surface area contributed by atoms with Gasteiger partial charge in [-0.05, 0) is 102 Å². The fourth-order valence-electron chi connectivity index (χ4n) is 11.4. The molecule has 0 fully saturated rings. The van der Waals surface area contributed by atoms with E-state index in [-0.39, 0.29) is 0 Å². The first kappa shape index (κ1) is 36.4. The van der Waals surface area contributed by atoms with Gasteiger partial charge >= 0.3 is 0 Å². The molecule has 0 atom stereocenters. The average molecular weight is 853 g/mol. The Morgan fingerprint density at radius 1 is 0.194 bits per heavy atom. The number of furan rings is 3. The molecule has 0 saturated carbocycles. The van der Waals surface area contributed by atoms with Gasteiger partial charge in [0.25, 0.3) is 0 Å². The quantitative estimate of drug-likeness (QED) is 0.166. The molecule has 3 aromatic heterocycles. The first-order valence-corrected chi connectivity index (χ1v) is 22.9. The normalized spacial score (nSPS) is 12.2. The molecule has 0 aliphatic carbocycles. The van der Waals surface area contributed by atoms with Crippen molar-refractivity contribution in [3.8, 4) is 44.5 Å². The molecule has 3 heterocycles. The van der Waals surface area contributed by atoms with Crippen molar-refractivity contribution >= 4 is 109 Å². The van der Waals surface area contributed by atoms with E-state index >= 15 is 0 Å². The summed E-state index contributed by atoms with van der Waals surface area (Å²) in [4.78, 5) is 0. The van der Waals surface area contributed by atoms with Gasteiger partial charge in [0.05, 0.1) is 0 Å². The van der Waals surface area contributed by atoms with Crippen molar-refractivity contribution in [1.82, 2.24) is 0 Å². The van der Waals surface area contributed by atoms with Crippen molar-refractivity contribution in [2.24, 2.45) is 0 Å². The second-order valence-corrected chi connectivity index (χ2v) is 17.8. The smallest absolute Gasteiger partial charge is 0.143 e. The second-order valence-electron chi connectivity index (χ2n) is 17.8. The summed E-state index contributed by atoms with van der Waals surface area (Å²) in [6, 6.07) is 78.5. The lowest BCUT2D eigenvalue weighted by atomic mass is 9.85. The minimum absolute atomic E-state index is 0.863. The van der Waals surface area contributed by atoms with E-state index in [1.165, 1.54) is 65.3 Å². The number of benzene rings is 12. The zero-order valence-corrected chi connectivity index (χ0v) is 36.0. The molecule has 0 aliphatic rings. The zero-order chi connectivity index (χ0) is 43.7. The van der Waals surface area contributed by atoms with Gasteiger partial charge in [-0.25, -0.2) is 0 Å². The molecule has 15 rings (SSSR count). The van der Waals surface area contributed by atoms with Crippen molar-refractivity contribution < 1.29 is 13.3 Å². The van der Waals surface area contributed by atoms with Gasteiger partial charge < -0.3 is 13.3 Å². The molecule has 0 radical (unpaired) electrons. The van der Waals surface area contributed by atoms with Crippen LogP contribution in [0.15, 0.2) is 232 Å². The predicted molar refractivity (Wildman–Crippen MR) is 280 cm³/mol. The van der Waals surface area contributed by atoms with Crippen LogP contribution in [-0.2, 0) is 0 Å². The molecule has 3 nitrogen and oxygen atoms in total. The van der Waals surface area contributed by atoms with Crippen molar-refractivity contribution in [3.63, 3.8) is 0 Å². The summed E-state index contributed by atoms with van der Waals surface area (Å²) < 4.78 is 20.0. The first-order valence-electron chi connectivity index (χ1n) is 22.9. The van der Waals surface area contributed by atoms with Crippen molar-refractivity contribution in [1.29, 1.82) is 0 Å². The lowest BCUT2D eigenvalue weighted by molar-refractivity contribution is 0.669. The Bertz CT molecular complexity index is 4170. The summed E-state index contributed by atoms with van der Waals surface area (Å²) in [5.74, 6) is 0. The van der Waals surface area contributed by atoms with E-state index in [0.717, 1.165) is 88.1 Å². The Morgan fingerprint density at radius 3 is 0.866 bits per heavy atom. The summed E-state index contributed by atoms with van der Waals surface area (Å²) in [7, 11) is 0. The van der Waals surface area contributed by atoms with Crippen LogP contribution in [0.5, 0.6) is 0 Å². The standard InChI is InChI=1S/C64H36O3/c1-5-21-45-41(17-1)59(42-18-2-6-22-46(42)61(45)51-27-13-25-49-39-15-9-11-29-55(39)66-63(49)51)37-31-33-57-53(35-37)54-36-38(32-34-58(54)65-57)60-43-19-3-7-23-47(43)62(48-24-8-4-20-44(48)60)52-28-14-26-50-40-16-10-12-30-56(40)67-64(50)52/h1-36H. The van der Waals surface area contributed by atoms with Gasteiger partial charge in [-0.3, -0.25) is 0 Å². The van der Waals surface area contributed by atoms with Gasteiger partial charge in [-0.2, -0.15) is 0 Å². The Morgan fingerprint density at radius 2 is 0.493 bits per heavy atom. The van der Waals surface area contributed by atoms with E-state index in [0.29, 0.717) is 0 Å². The number of hydrogen-bond acceptors (Lipinski definition) is 3. The van der Waals surface area contributed by atoms with Crippen LogP contribution in [0.4, 0.5) is 0 Å². The van der Waals surface area contributed by atoms with Crippen molar-refractivity contribution in [3.05, 3.63) is 218 Å².